The predicted octanol–water partition coefficient (Wildman–Crippen LogP) is 2.47. The molecule has 1 aliphatic rings. The number of hydrogen-bond donors (Lipinski definition) is 1. The third kappa shape index (κ3) is 4.99. The maximum atomic E-state index is 12.4. The molecule has 0 aliphatic carbocycles. The standard InChI is InChI=1S/C20H23N5O3S/c1-24-7-6-22-20(24)29-14-16-2-3-17(28-16)19(26)23-13-15-4-5-21-18(12-15)25-8-10-27-11-9-25/h2-7,12H,8-11,13-14H2,1H3,(H,23,26). The summed E-state index contributed by atoms with van der Waals surface area (Å²) >= 11 is 1.56. The van der Waals surface area contributed by atoms with Crippen LogP contribution in [0.1, 0.15) is 21.9 Å². The number of morpholine rings is 1. The lowest BCUT2D eigenvalue weighted by atomic mass is 10.2. The second-order valence-electron chi connectivity index (χ2n) is 6.68. The molecule has 1 aliphatic heterocycles. The van der Waals surface area contributed by atoms with Crippen molar-refractivity contribution in [1.29, 1.82) is 0 Å². The van der Waals surface area contributed by atoms with Gasteiger partial charge < -0.3 is 23.9 Å². The van der Waals surface area contributed by atoms with Crippen molar-refractivity contribution in [3.8, 4) is 0 Å². The molecule has 3 aromatic rings. The van der Waals surface area contributed by atoms with Crippen LogP contribution in [-0.2, 0) is 24.1 Å². The van der Waals surface area contributed by atoms with E-state index in [0.29, 0.717) is 31.3 Å². The first-order valence-electron chi connectivity index (χ1n) is 9.44. The van der Waals surface area contributed by atoms with Gasteiger partial charge >= 0.3 is 0 Å². The molecule has 0 spiro atoms. The summed E-state index contributed by atoms with van der Waals surface area (Å²) in [6, 6.07) is 7.44. The Morgan fingerprint density at radius 2 is 2.07 bits per heavy atom. The highest BCUT2D eigenvalue weighted by molar-refractivity contribution is 7.98. The van der Waals surface area contributed by atoms with E-state index in [-0.39, 0.29) is 5.91 Å². The molecule has 0 atom stereocenters. The smallest absolute Gasteiger partial charge is 0.287 e. The number of nitrogens with one attached hydrogen (secondary N) is 1. The van der Waals surface area contributed by atoms with Gasteiger partial charge in [0.05, 0.1) is 19.0 Å². The number of anilines is 1. The molecule has 0 unspecified atom stereocenters. The Morgan fingerprint density at radius 3 is 2.86 bits per heavy atom. The topological polar surface area (TPSA) is 85.4 Å². The van der Waals surface area contributed by atoms with Gasteiger partial charge in [0, 0.05) is 45.3 Å². The van der Waals surface area contributed by atoms with Crippen LogP contribution in [0.25, 0.3) is 0 Å². The summed E-state index contributed by atoms with van der Waals surface area (Å²) < 4.78 is 13.0. The van der Waals surface area contributed by atoms with Gasteiger partial charge in [-0.15, -0.1) is 0 Å². The van der Waals surface area contributed by atoms with Crippen molar-refractivity contribution in [3.05, 3.63) is 59.9 Å². The minimum absolute atomic E-state index is 0.233. The van der Waals surface area contributed by atoms with Gasteiger partial charge in [0.1, 0.15) is 11.6 Å². The average molecular weight is 414 g/mol. The van der Waals surface area contributed by atoms with Crippen LogP contribution in [0.5, 0.6) is 0 Å². The molecular formula is C20H23N5O3S. The SMILES string of the molecule is Cn1ccnc1SCc1ccc(C(=O)NCc2ccnc(N3CCOCC3)c2)o1. The van der Waals surface area contributed by atoms with Crippen molar-refractivity contribution >= 4 is 23.5 Å². The van der Waals surface area contributed by atoms with Crippen LogP contribution in [0.2, 0.25) is 0 Å². The maximum absolute atomic E-state index is 12.4. The van der Waals surface area contributed by atoms with E-state index in [9.17, 15) is 4.79 Å². The highest BCUT2D eigenvalue weighted by atomic mass is 32.2. The summed E-state index contributed by atoms with van der Waals surface area (Å²) in [5.74, 6) is 2.34. The summed E-state index contributed by atoms with van der Waals surface area (Å²) in [6.07, 6.45) is 5.42. The van der Waals surface area contributed by atoms with Crippen LogP contribution in [0.15, 0.2) is 52.4 Å². The van der Waals surface area contributed by atoms with Gasteiger partial charge in [0.2, 0.25) is 0 Å². The van der Waals surface area contributed by atoms with Crippen molar-refractivity contribution in [2.45, 2.75) is 17.5 Å². The summed E-state index contributed by atoms with van der Waals surface area (Å²) in [4.78, 5) is 23.3. The van der Waals surface area contributed by atoms with E-state index in [0.717, 1.165) is 35.4 Å². The van der Waals surface area contributed by atoms with Gasteiger partial charge in [-0.05, 0) is 29.8 Å². The normalized spacial score (nSPS) is 14.2. The molecule has 1 fully saturated rings. The second-order valence-corrected chi connectivity index (χ2v) is 7.62. The lowest BCUT2D eigenvalue weighted by Gasteiger charge is -2.28. The molecule has 8 nitrogen and oxygen atoms in total. The molecule has 29 heavy (non-hydrogen) atoms. The average Bonchev–Trinajstić information content (AvgIpc) is 3.40. The second kappa shape index (κ2) is 9.15. The number of amides is 1. The lowest BCUT2D eigenvalue weighted by Crippen LogP contribution is -2.36. The van der Waals surface area contributed by atoms with E-state index in [1.54, 1.807) is 30.2 Å². The molecule has 4 heterocycles. The van der Waals surface area contributed by atoms with Crippen LogP contribution >= 0.6 is 11.8 Å². The Kier molecular flexibility index (Phi) is 6.16. The highest BCUT2D eigenvalue weighted by Crippen LogP contribution is 2.22. The molecule has 9 heteroatoms. The number of aryl methyl sites for hydroxylation is 1. The quantitative estimate of drug-likeness (QED) is 0.596. The Labute approximate surface area is 173 Å². The fraction of sp³-hybridized carbons (Fsp3) is 0.350. The van der Waals surface area contributed by atoms with Crippen LogP contribution in [0, 0.1) is 0 Å². The number of carbonyl (C=O) groups excluding carboxylic acids is 1. The van der Waals surface area contributed by atoms with E-state index >= 15 is 0 Å². The van der Waals surface area contributed by atoms with E-state index in [1.807, 2.05) is 36.0 Å². The van der Waals surface area contributed by atoms with E-state index in [4.69, 9.17) is 9.15 Å². The number of ether oxygens (including phenoxy) is 1. The molecular weight excluding hydrogens is 390 g/mol. The number of rotatable bonds is 7. The highest BCUT2D eigenvalue weighted by Gasteiger charge is 2.14. The predicted molar refractivity (Wildman–Crippen MR) is 110 cm³/mol. The molecule has 1 N–H and O–H groups in total. The summed E-state index contributed by atoms with van der Waals surface area (Å²) in [5, 5.41) is 3.81. The summed E-state index contributed by atoms with van der Waals surface area (Å²) in [7, 11) is 1.94. The molecule has 0 radical (unpaired) electrons. The molecule has 3 aromatic heterocycles. The third-order valence-corrected chi connectivity index (χ3v) is 5.68. The molecule has 0 aromatic carbocycles. The van der Waals surface area contributed by atoms with E-state index in [2.05, 4.69) is 20.2 Å². The van der Waals surface area contributed by atoms with Gasteiger partial charge in [0.15, 0.2) is 10.9 Å². The number of nitrogens with zero attached hydrogens (tertiary/aromatic N) is 4. The van der Waals surface area contributed by atoms with Crippen molar-refractivity contribution in [2.24, 2.45) is 7.05 Å². The van der Waals surface area contributed by atoms with Crippen LogP contribution in [0.3, 0.4) is 0 Å². The Balaban J connectivity index is 1.31. The first-order valence-corrected chi connectivity index (χ1v) is 10.4. The van der Waals surface area contributed by atoms with Crippen LogP contribution in [0.4, 0.5) is 5.82 Å². The number of carbonyl (C=O) groups is 1. The number of aromatic nitrogens is 3. The minimum atomic E-state index is -0.233. The lowest BCUT2D eigenvalue weighted by molar-refractivity contribution is 0.0921. The van der Waals surface area contributed by atoms with Crippen molar-refractivity contribution < 1.29 is 13.9 Å². The first-order chi connectivity index (χ1) is 14.2. The van der Waals surface area contributed by atoms with Gasteiger partial charge in [-0.3, -0.25) is 4.79 Å². The molecule has 0 bridgehead atoms. The Bertz CT molecular complexity index is 964. The fourth-order valence-corrected chi connectivity index (χ4v) is 3.84. The van der Waals surface area contributed by atoms with Crippen molar-refractivity contribution in [1.82, 2.24) is 19.9 Å². The van der Waals surface area contributed by atoms with E-state index < -0.39 is 0 Å². The van der Waals surface area contributed by atoms with Crippen molar-refractivity contribution in [2.75, 3.05) is 31.2 Å². The monoisotopic (exact) mass is 413 g/mol. The van der Waals surface area contributed by atoms with Crippen LogP contribution < -0.4 is 10.2 Å². The fourth-order valence-electron chi connectivity index (χ4n) is 3.01. The number of pyridine rings is 1. The largest absolute Gasteiger partial charge is 0.455 e. The molecule has 0 saturated carbocycles. The Morgan fingerprint density at radius 1 is 1.21 bits per heavy atom. The zero-order chi connectivity index (χ0) is 20.1. The van der Waals surface area contributed by atoms with Crippen LogP contribution in [-0.4, -0.2) is 46.7 Å². The number of furan rings is 1. The van der Waals surface area contributed by atoms with E-state index in [1.165, 1.54) is 0 Å². The maximum Gasteiger partial charge on any atom is 0.287 e. The number of thioether (sulfide) groups is 1. The van der Waals surface area contributed by atoms with Gasteiger partial charge in [0.25, 0.3) is 5.91 Å². The van der Waals surface area contributed by atoms with Gasteiger partial charge in [-0.1, -0.05) is 11.8 Å². The number of imidazole rings is 1. The zero-order valence-corrected chi connectivity index (χ0v) is 17.0. The third-order valence-electron chi connectivity index (χ3n) is 4.60. The molecule has 4 rings (SSSR count). The molecule has 1 saturated heterocycles. The van der Waals surface area contributed by atoms with Gasteiger partial charge in [-0.25, -0.2) is 9.97 Å². The number of hydrogen-bond acceptors (Lipinski definition) is 7. The Hall–Kier alpha value is -2.78. The molecule has 1 amide bonds. The summed E-state index contributed by atoms with van der Waals surface area (Å²) in [6.45, 7) is 3.49. The molecule has 152 valence electrons. The minimum Gasteiger partial charge on any atom is -0.455 e. The van der Waals surface area contributed by atoms with Gasteiger partial charge in [-0.2, -0.15) is 0 Å². The zero-order valence-electron chi connectivity index (χ0n) is 16.2. The summed E-state index contributed by atoms with van der Waals surface area (Å²) in [5.41, 5.74) is 0.993. The van der Waals surface area contributed by atoms with Crippen molar-refractivity contribution in [3.63, 3.8) is 0 Å². The first kappa shape index (κ1) is 19.5.